The first-order valence-electron chi connectivity index (χ1n) is 8.67. The highest BCUT2D eigenvalue weighted by Gasteiger charge is 2.24. The van der Waals surface area contributed by atoms with Gasteiger partial charge in [0, 0.05) is 23.6 Å². The lowest BCUT2D eigenvalue weighted by molar-refractivity contribution is 0.903. The van der Waals surface area contributed by atoms with Gasteiger partial charge in [-0.3, -0.25) is 9.36 Å². The number of fused-ring (bicyclic) bond motifs is 3. The molecule has 1 saturated carbocycles. The van der Waals surface area contributed by atoms with E-state index in [9.17, 15) is 4.79 Å². The van der Waals surface area contributed by atoms with E-state index < -0.39 is 0 Å². The van der Waals surface area contributed by atoms with E-state index in [2.05, 4.69) is 22.5 Å². The molecule has 6 heteroatoms. The fourth-order valence-corrected chi connectivity index (χ4v) is 4.40. The molecule has 0 saturated heterocycles. The lowest BCUT2D eigenvalue weighted by Gasteiger charge is -2.13. The number of nitrogens with one attached hydrogen (secondary N) is 1. The minimum atomic E-state index is 0.000622. The van der Waals surface area contributed by atoms with Crippen LogP contribution in [0.15, 0.2) is 35.3 Å². The molecule has 3 aromatic rings. The predicted octanol–water partition coefficient (Wildman–Crippen LogP) is 4.08. The molecule has 5 nitrogen and oxygen atoms in total. The van der Waals surface area contributed by atoms with Crippen molar-refractivity contribution in [3.05, 3.63) is 46.7 Å². The van der Waals surface area contributed by atoms with Crippen LogP contribution >= 0.6 is 11.3 Å². The van der Waals surface area contributed by atoms with Crippen LogP contribution in [0.4, 0.5) is 5.69 Å². The van der Waals surface area contributed by atoms with Crippen molar-refractivity contribution in [1.29, 1.82) is 0 Å². The Balaban J connectivity index is 1.79. The van der Waals surface area contributed by atoms with Gasteiger partial charge in [0.2, 0.25) is 0 Å². The Hall–Kier alpha value is -2.47. The zero-order valence-electron chi connectivity index (χ0n) is 14.0. The van der Waals surface area contributed by atoms with Crippen molar-refractivity contribution in [2.45, 2.75) is 38.6 Å². The van der Waals surface area contributed by atoms with Gasteiger partial charge >= 0.3 is 0 Å². The smallest absolute Gasteiger partial charge is 0.276 e. The molecule has 1 fully saturated rings. The molecule has 0 unspecified atom stereocenters. The van der Waals surface area contributed by atoms with Gasteiger partial charge < -0.3 is 5.32 Å². The molecule has 0 atom stereocenters. The van der Waals surface area contributed by atoms with Crippen molar-refractivity contribution < 1.29 is 0 Å². The monoisotopic (exact) mass is 350 g/mol. The minimum absolute atomic E-state index is 0.000622. The zero-order valence-corrected chi connectivity index (χ0v) is 14.8. The predicted molar refractivity (Wildman–Crippen MR) is 103 cm³/mol. The summed E-state index contributed by atoms with van der Waals surface area (Å²) in [7, 11) is 0. The van der Waals surface area contributed by atoms with Gasteiger partial charge in [-0.2, -0.15) is 0 Å². The number of pyridine rings is 1. The fraction of sp³-hybridized carbons (Fsp3) is 0.316. The Bertz CT molecular complexity index is 1120. The Labute approximate surface area is 148 Å². The summed E-state index contributed by atoms with van der Waals surface area (Å²) in [5, 5.41) is 4.53. The molecule has 3 heterocycles. The van der Waals surface area contributed by atoms with Crippen LogP contribution in [0, 0.1) is 6.92 Å². The number of aryl methyl sites for hydroxylation is 1. The van der Waals surface area contributed by atoms with Crippen LogP contribution in [-0.2, 0) is 0 Å². The fourth-order valence-electron chi connectivity index (χ4n) is 3.36. The van der Waals surface area contributed by atoms with E-state index in [-0.39, 0.29) is 5.56 Å². The summed E-state index contributed by atoms with van der Waals surface area (Å²) in [5.74, 6) is 0.719. The quantitative estimate of drug-likeness (QED) is 0.773. The third-order valence-corrected chi connectivity index (χ3v) is 5.81. The summed E-state index contributed by atoms with van der Waals surface area (Å²) < 4.78 is 2.40. The number of hydrogen-bond donors (Lipinski definition) is 1. The number of nitrogens with zero attached hydrogens (tertiary/aromatic N) is 3. The summed E-state index contributed by atoms with van der Waals surface area (Å²) >= 11 is 1.44. The van der Waals surface area contributed by atoms with E-state index in [0.29, 0.717) is 10.7 Å². The van der Waals surface area contributed by atoms with Crippen LogP contribution in [-0.4, -0.2) is 20.6 Å². The molecular formula is C19H18N4OS. The number of anilines is 1. The summed E-state index contributed by atoms with van der Waals surface area (Å²) in [6.07, 6.45) is 12.4. The van der Waals surface area contributed by atoms with Gasteiger partial charge in [-0.1, -0.05) is 12.2 Å². The van der Waals surface area contributed by atoms with E-state index in [4.69, 9.17) is 4.98 Å². The lowest BCUT2D eigenvalue weighted by Crippen LogP contribution is -2.22. The summed E-state index contributed by atoms with van der Waals surface area (Å²) in [6, 6.07) is 2.53. The van der Waals surface area contributed by atoms with Crippen molar-refractivity contribution in [1.82, 2.24) is 14.5 Å². The van der Waals surface area contributed by atoms with Gasteiger partial charge in [-0.15, -0.1) is 11.3 Å². The molecular weight excluding hydrogens is 332 g/mol. The van der Waals surface area contributed by atoms with E-state index in [1.165, 1.54) is 24.2 Å². The largest absolute Gasteiger partial charge is 0.382 e. The highest BCUT2D eigenvalue weighted by molar-refractivity contribution is 7.25. The number of thiophene rings is 1. The highest BCUT2D eigenvalue weighted by atomic mass is 32.1. The molecule has 0 amide bonds. The average molecular weight is 350 g/mol. The van der Waals surface area contributed by atoms with Crippen molar-refractivity contribution in [3.63, 3.8) is 0 Å². The second kappa shape index (κ2) is 5.52. The maximum absolute atomic E-state index is 13.2. The third-order valence-electron chi connectivity index (χ3n) is 4.73. The first-order chi connectivity index (χ1) is 12.2. The molecule has 126 valence electrons. The number of hydrogen-bond acceptors (Lipinski definition) is 5. The van der Waals surface area contributed by atoms with Gasteiger partial charge in [0.05, 0.1) is 5.39 Å². The van der Waals surface area contributed by atoms with E-state index in [1.54, 1.807) is 10.8 Å². The molecule has 1 N–H and O–H groups in total. The molecule has 0 spiro atoms. The molecule has 2 aliphatic carbocycles. The number of rotatable bonds is 3. The molecule has 5 rings (SSSR count). The van der Waals surface area contributed by atoms with Crippen LogP contribution in [0.1, 0.15) is 31.5 Å². The van der Waals surface area contributed by atoms with Gasteiger partial charge in [0.25, 0.3) is 5.56 Å². The lowest BCUT2D eigenvalue weighted by atomic mass is 10.1. The average Bonchev–Trinajstić information content (AvgIpc) is 3.35. The summed E-state index contributed by atoms with van der Waals surface area (Å²) in [6.45, 7) is 1.90. The van der Waals surface area contributed by atoms with Crippen LogP contribution in [0.5, 0.6) is 0 Å². The Morgan fingerprint density at radius 2 is 2.20 bits per heavy atom. The normalized spacial score (nSPS) is 17.2. The van der Waals surface area contributed by atoms with Gasteiger partial charge in [0.15, 0.2) is 0 Å². The second-order valence-corrected chi connectivity index (χ2v) is 7.64. The van der Waals surface area contributed by atoms with Crippen LogP contribution in [0.2, 0.25) is 0 Å². The van der Waals surface area contributed by atoms with E-state index >= 15 is 0 Å². The van der Waals surface area contributed by atoms with E-state index in [1.807, 2.05) is 19.1 Å². The van der Waals surface area contributed by atoms with Crippen LogP contribution in [0.3, 0.4) is 0 Å². The Morgan fingerprint density at radius 1 is 1.32 bits per heavy atom. The van der Waals surface area contributed by atoms with Crippen molar-refractivity contribution in [3.8, 4) is 0 Å². The number of aromatic nitrogens is 3. The van der Waals surface area contributed by atoms with Crippen molar-refractivity contribution >= 4 is 43.2 Å². The molecule has 0 aliphatic heterocycles. The zero-order chi connectivity index (χ0) is 17.0. The maximum Gasteiger partial charge on any atom is 0.276 e. The first-order valence-corrected chi connectivity index (χ1v) is 9.48. The molecule has 0 radical (unpaired) electrons. The van der Waals surface area contributed by atoms with Crippen LogP contribution < -0.4 is 10.9 Å². The van der Waals surface area contributed by atoms with Gasteiger partial charge in [0.1, 0.15) is 20.9 Å². The SMILES string of the molecule is Cc1nc2c(sc3nccc(NC4CC4)c32)c(=O)n1C1=CCCC=C1. The molecule has 2 aliphatic rings. The summed E-state index contributed by atoms with van der Waals surface area (Å²) in [5.41, 5.74) is 2.74. The maximum atomic E-state index is 13.2. The summed E-state index contributed by atoms with van der Waals surface area (Å²) in [4.78, 5) is 23.3. The Kier molecular flexibility index (Phi) is 3.28. The molecule has 25 heavy (non-hydrogen) atoms. The van der Waals surface area contributed by atoms with Crippen LogP contribution in [0.25, 0.3) is 26.1 Å². The second-order valence-electron chi connectivity index (χ2n) is 6.65. The molecule has 0 aromatic carbocycles. The highest BCUT2D eigenvalue weighted by Crippen LogP contribution is 2.36. The molecule has 3 aromatic heterocycles. The third kappa shape index (κ3) is 2.40. The topological polar surface area (TPSA) is 59.8 Å². The Morgan fingerprint density at radius 3 is 2.96 bits per heavy atom. The molecule has 0 bridgehead atoms. The van der Waals surface area contributed by atoms with Gasteiger partial charge in [-0.05, 0) is 44.7 Å². The van der Waals surface area contributed by atoms with Crippen molar-refractivity contribution in [2.75, 3.05) is 5.32 Å². The minimum Gasteiger partial charge on any atom is -0.382 e. The van der Waals surface area contributed by atoms with E-state index in [0.717, 1.165) is 45.8 Å². The standard InChI is InChI=1S/C19H18N4OS/c1-11-21-16-15-14(22-12-7-8-12)9-10-20-18(15)25-17(16)19(24)23(11)13-5-3-2-4-6-13/h3,5-6,9-10,12H,2,4,7-8H2,1H3,(H,20,22). The number of allylic oxidation sites excluding steroid dienone is 4. The first kappa shape index (κ1) is 14.8. The van der Waals surface area contributed by atoms with Gasteiger partial charge in [-0.25, -0.2) is 9.97 Å². The van der Waals surface area contributed by atoms with Crippen molar-refractivity contribution in [2.24, 2.45) is 0 Å².